The number of hydrogen-bond acceptors (Lipinski definition) is 5. The molecule has 1 aliphatic heterocycles. The number of imidazole rings is 1. The van der Waals surface area contributed by atoms with Gasteiger partial charge in [-0.3, -0.25) is 9.52 Å². The summed E-state index contributed by atoms with van der Waals surface area (Å²) in [6.07, 6.45) is 1.72. The van der Waals surface area contributed by atoms with Gasteiger partial charge in [-0.05, 0) is 54.6 Å². The molecule has 0 aliphatic carbocycles. The zero-order valence-corrected chi connectivity index (χ0v) is 18.1. The summed E-state index contributed by atoms with van der Waals surface area (Å²) in [7, 11) is -3.67. The lowest BCUT2D eigenvalue weighted by molar-refractivity contribution is 0.0730. The topological polar surface area (TPSA) is 95.2 Å². The number of nitrogens with one attached hydrogen (secondary N) is 2. The Balaban J connectivity index is 1.40. The van der Waals surface area contributed by atoms with Crippen LogP contribution >= 0.6 is 11.3 Å². The van der Waals surface area contributed by atoms with Crippen LogP contribution in [0.15, 0.2) is 70.3 Å². The third-order valence-electron chi connectivity index (χ3n) is 5.36. The molecule has 7 nitrogen and oxygen atoms in total. The first-order valence-corrected chi connectivity index (χ1v) is 12.3. The normalized spacial score (nSPS) is 16.6. The number of aromatic nitrogens is 2. The molecular weight excluding hydrogens is 432 g/mol. The van der Waals surface area contributed by atoms with Gasteiger partial charge in [-0.15, -0.1) is 11.3 Å². The highest BCUT2D eigenvalue weighted by Gasteiger charge is 2.32. The summed E-state index contributed by atoms with van der Waals surface area (Å²) in [5, 5.41) is 1.71. The second-order valence-corrected chi connectivity index (χ2v) is 10.3. The lowest BCUT2D eigenvalue weighted by Gasteiger charge is -2.23. The highest BCUT2D eigenvalue weighted by Crippen LogP contribution is 2.33. The van der Waals surface area contributed by atoms with E-state index in [-0.39, 0.29) is 16.2 Å². The van der Waals surface area contributed by atoms with Crippen molar-refractivity contribution in [3.63, 3.8) is 0 Å². The second kappa shape index (κ2) is 7.82. The van der Waals surface area contributed by atoms with Crippen molar-refractivity contribution in [2.45, 2.75) is 23.1 Å². The van der Waals surface area contributed by atoms with Crippen molar-refractivity contribution < 1.29 is 13.2 Å². The van der Waals surface area contributed by atoms with Crippen LogP contribution in [0, 0.1) is 0 Å². The van der Waals surface area contributed by atoms with Crippen LogP contribution in [0.25, 0.3) is 11.0 Å². The highest BCUT2D eigenvalue weighted by atomic mass is 32.2. The second-order valence-electron chi connectivity index (χ2n) is 7.41. The highest BCUT2D eigenvalue weighted by molar-refractivity contribution is 7.94. The van der Waals surface area contributed by atoms with Crippen molar-refractivity contribution in [3.8, 4) is 0 Å². The fourth-order valence-electron chi connectivity index (χ4n) is 3.93. The Hall–Kier alpha value is -3.17. The van der Waals surface area contributed by atoms with Crippen LogP contribution in [0.3, 0.4) is 0 Å². The molecule has 158 valence electrons. The molecule has 1 saturated heterocycles. The van der Waals surface area contributed by atoms with Crippen LogP contribution in [0.5, 0.6) is 0 Å². The molecular formula is C22H20N4O3S2. The first kappa shape index (κ1) is 19.8. The number of sulfonamides is 1. The zero-order valence-electron chi connectivity index (χ0n) is 16.5. The molecule has 1 amide bonds. The van der Waals surface area contributed by atoms with E-state index in [0.717, 1.165) is 41.0 Å². The van der Waals surface area contributed by atoms with Gasteiger partial charge in [-0.25, -0.2) is 13.4 Å². The number of fused-ring (bicyclic) bond motifs is 1. The van der Waals surface area contributed by atoms with Gasteiger partial charge in [0.2, 0.25) is 0 Å². The number of anilines is 1. The molecule has 3 heterocycles. The average molecular weight is 453 g/mol. The van der Waals surface area contributed by atoms with E-state index in [2.05, 4.69) is 14.7 Å². The Morgan fingerprint density at radius 1 is 1.13 bits per heavy atom. The van der Waals surface area contributed by atoms with E-state index in [1.54, 1.807) is 41.8 Å². The van der Waals surface area contributed by atoms with Gasteiger partial charge in [-0.2, -0.15) is 0 Å². The Morgan fingerprint density at radius 2 is 2.00 bits per heavy atom. The van der Waals surface area contributed by atoms with Gasteiger partial charge in [0.05, 0.1) is 17.1 Å². The molecule has 9 heteroatoms. The lowest BCUT2D eigenvalue weighted by atomic mass is 10.1. The van der Waals surface area contributed by atoms with Crippen LogP contribution in [0.1, 0.15) is 35.1 Å². The minimum atomic E-state index is -3.67. The molecule has 0 spiro atoms. The minimum absolute atomic E-state index is 0.133. The molecule has 1 aliphatic rings. The number of aromatic amines is 1. The molecule has 2 N–H and O–H groups in total. The Kier molecular flexibility index (Phi) is 4.99. The van der Waals surface area contributed by atoms with E-state index in [9.17, 15) is 13.2 Å². The summed E-state index contributed by atoms with van der Waals surface area (Å²) in [6.45, 7) is 0.631. The van der Waals surface area contributed by atoms with Gasteiger partial charge in [0.25, 0.3) is 15.9 Å². The first-order valence-electron chi connectivity index (χ1n) is 9.93. The molecule has 0 radical (unpaired) electrons. The standard InChI is InChI=1S/C22H20N4O3S2/c27-22(15-6-3-7-16(14-15)25-31(28,29)20-11-5-13-30-20)26-12-4-10-19(26)21-23-17-8-1-2-9-18(17)24-21/h1-3,5-9,11,13-14,19,25H,4,10,12H2,(H,23,24). The maximum atomic E-state index is 13.3. The molecule has 0 saturated carbocycles. The molecule has 1 fully saturated rings. The molecule has 4 aromatic rings. The number of thiophene rings is 1. The van der Waals surface area contributed by atoms with Crippen LogP contribution < -0.4 is 4.72 Å². The number of para-hydroxylation sites is 2. The van der Waals surface area contributed by atoms with E-state index in [4.69, 9.17) is 0 Å². The van der Waals surface area contributed by atoms with Crippen molar-refractivity contribution in [2.75, 3.05) is 11.3 Å². The van der Waals surface area contributed by atoms with Crippen molar-refractivity contribution in [1.29, 1.82) is 0 Å². The molecule has 31 heavy (non-hydrogen) atoms. The third-order valence-corrected chi connectivity index (χ3v) is 8.14. The number of H-pyrrole nitrogens is 1. The fourth-order valence-corrected chi connectivity index (χ4v) is 5.97. The molecule has 1 unspecified atom stereocenters. The molecule has 5 rings (SSSR count). The molecule has 2 aromatic carbocycles. The van der Waals surface area contributed by atoms with E-state index in [1.165, 1.54) is 0 Å². The molecule has 0 bridgehead atoms. The lowest BCUT2D eigenvalue weighted by Crippen LogP contribution is -2.31. The summed E-state index contributed by atoms with van der Waals surface area (Å²) in [5.41, 5.74) is 2.62. The quantitative estimate of drug-likeness (QED) is 0.469. The summed E-state index contributed by atoms with van der Waals surface area (Å²) >= 11 is 1.14. The number of nitrogens with zero attached hydrogens (tertiary/aromatic N) is 2. The van der Waals surface area contributed by atoms with Gasteiger partial charge < -0.3 is 9.88 Å². The summed E-state index contributed by atoms with van der Waals surface area (Å²) in [4.78, 5) is 23.1. The predicted molar refractivity (Wildman–Crippen MR) is 121 cm³/mol. The Morgan fingerprint density at radius 3 is 2.81 bits per heavy atom. The number of carbonyl (C=O) groups excluding carboxylic acids is 1. The summed E-state index contributed by atoms with van der Waals surface area (Å²) < 4.78 is 27.8. The number of benzene rings is 2. The number of rotatable bonds is 5. The van der Waals surface area contributed by atoms with E-state index >= 15 is 0 Å². The molecule has 1 atom stereocenters. The zero-order chi connectivity index (χ0) is 21.4. The predicted octanol–water partition coefficient (Wildman–Crippen LogP) is 4.40. The largest absolute Gasteiger partial charge is 0.340 e. The van der Waals surface area contributed by atoms with E-state index < -0.39 is 10.0 Å². The van der Waals surface area contributed by atoms with E-state index in [0.29, 0.717) is 17.8 Å². The monoisotopic (exact) mass is 452 g/mol. The van der Waals surface area contributed by atoms with Crippen LogP contribution in [0.4, 0.5) is 5.69 Å². The van der Waals surface area contributed by atoms with Crippen LogP contribution in [-0.4, -0.2) is 35.7 Å². The SMILES string of the molecule is O=C(c1cccc(NS(=O)(=O)c2cccs2)c1)N1CCCC1c1nc2ccccc2[nH]1. The van der Waals surface area contributed by atoms with Gasteiger partial charge in [-0.1, -0.05) is 24.3 Å². The van der Waals surface area contributed by atoms with E-state index in [1.807, 2.05) is 29.2 Å². The summed E-state index contributed by atoms with van der Waals surface area (Å²) in [5.74, 6) is 0.640. The summed E-state index contributed by atoms with van der Waals surface area (Å²) in [6, 6.07) is 17.5. The van der Waals surface area contributed by atoms with Crippen LogP contribution in [-0.2, 0) is 10.0 Å². The fraction of sp³-hybridized carbons (Fsp3) is 0.182. The van der Waals surface area contributed by atoms with Crippen molar-refractivity contribution >= 4 is 44.0 Å². The van der Waals surface area contributed by atoms with Gasteiger partial charge in [0.1, 0.15) is 10.0 Å². The minimum Gasteiger partial charge on any atom is -0.340 e. The van der Waals surface area contributed by atoms with Gasteiger partial charge >= 0.3 is 0 Å². The average Bonchev–Trinajstić information content (AvgIpc) is 3.53. The van der Waals surface area contributed by atoms with Crippen molar-refractivity contribution in [1.82, 2.24) is 14.9 Å². The Labute approximate surface area is 183 Å². The maximum absolute atomic E-state index is 13.3. The van der Waals surface area contributed by atoms with Crippen molar-refractivity contribution in [3.05, 3.63) is 77.4 Å². The van der Waals surface area contributed by atoms with Gasteiger partial charge in [0.15, 0.2) is 0 Å². The van der Waals surface area contributed by atoms with Crippen LogP contribution in [0.2, 0.25) is 0 Å². The van der Waals surface area contributed by atoms with Gasteiger partial charge in [0, 0.05) is 17.8 Å². The number of carbonyl (C=O) groups is 1. The first-order chi connectivity index (χ1) is 15.0. The Bertz CT molecular complexity index is 1310. The maximum Gasteiger partial charge on any atom is 0.271 e. The van der Waals surface area contributed by atoms with Crippen molar-refractivity contribution in [2.24, 2.45) is 0 Å². The number of amides is 1. The smallest absolute Gasteiger partial charge is 0.271 e. The third kappa shape index (κ3) is 3.82. The molecule has 2 aromatic heterocycles. The number of likely N-dealkylation sites (tertiary alicyclic amines) is 1. The number of hydrogen-bond donors (Lipinski definition) is 2.